The van der Waals surface area contributed by atoms with Gasteiger partial charge in [0.05, 0.1) is 28.1 Å². The van der Waals surface area contributed by atoms with Gasteiger partial charge in [-0.25, -0.2) is 9.97 Å². The van der Waals surface area contributed by atoms with E-state index in [9.17, 15) is 0 Å². The average molecular weight is 292 g/mol. The molecule has 2 aromatic heterocycles. The molecule has 1 aromatic carbocycles. The number of aromatic nitrogens is 3. The Morgan fingerprint density at radius 2 is 2.26 bits per heavy atom. The predicted octanol–water partition coefficient (Wildman–Crippen LogP) is 3.78. The third-order valence-corrected chi connectivity index (χ3v) is 4.12. The van der Waals surface area contributed by atoms with Gasteiger partial charge in [0, 0.05) is 18.3 Å². The fourth-order valence-electron chi connectivity index (χ4n) is 2.34. The number of benzene rings is 1. The topological polar surface area (TPSA) is 30.7 Å². The zero-order chi connectivity index (χ0) is 13.2. The molecular weight excluding hydrogens is 278 g/mol. The van der Waals surface area contributed by atoms with Crippen molar-refractivity contribution in [3.8, 4) is 0 Å². The second-order valence-corrected chi connectivity index (χ2v) is 5.47. The second kappa shape index (κ2) is 5.31. The summed E-state index contributed by atoms with van der Waals surface area (Å²) in [5, 5.41) is 2.09. The molecule has 0 saturated heterocycles. The summed E-state index contributed by atoms with van der Waals surface area (Å²) < 4.78 is 2.22. The molecule has 0 aliphatic rings. The summed E-state index contributed by atoms with van der Waals surface area (Å²) in [6.45, 7) is 2.98. The normalized spacial score (nSPS) is 11.3. The fourth-order valence-corrected chi connectivity index (χ4v) is 3.14. The quantitative estimate of drug-likeness (QED) is 0.685. The first-order chi connectivity index (χ1) is 9.29. The lowest BCUT2D eigenvalue weighted by Gasteiger charge is -2.08. The minimum absolute atomic E-state index is 0.436. The van der Waals surface area contributed by atoms with Crippen LogP contribution in [0.1, 0.15) is 17.1 Å². The van der Waals surface area contributed by atoms with Crippen molar-refractivity contribution in [1.82, 2.24) is 14.5 Å². The van der Waals surface area contributed by atoms with Crippen LogP contribution in [0.2, 0.25) is 0 Å². The van der Waals surface area contributed by atoms with Crippen LogP contribution in [0.4, 0.5) is 0 Å². The first kappa shape index (κ1) is 12.6. The van der Waals surface area contributed by atoms with Gasteiger partial charge in [0.1, 0.15) is 5.82 Å². The molecule has 0 radical (unpaired) electrons. The van der Waals surface area contributed by atoms with Gasteiger partial charge in [-0.2, -0.15) is 0 Å². The molecule has 3 nitrogen and oxygen atoms in total. The molecule has 0 saturated carbocycles. The van der Waals surface area contributed by atoms with Crippen LogP contribution in [0.5, 0.6) is 0 Å². The predicted molar refractivity (Wildman–Crippen MR) is 79.8 cm³/mol. The first-order valence-electron chi connectivity index (χ1n) is 6.17. The number of para-hydroxylation sites is 1. The summed E-state index contributed by atoms with van der Waals surface area (Å²) in [5.74, 6) is 1.37. The maximum Gasteiger partial charge on any atom is 0.124 e. The van der Waals surface area contributed by atoms with E-state index in [1.807, 2.05) is 17.6 Å². The van der Waals surface area contributed by atoms with Crippen LogP contribution >= 0.6 is 22.9 Å². The van der Waals surface area contributed by atoms with Gasteiger partial charge in [0.2, 0.25) is 0 Å². The number of hydrogen-bond acceptors (Lipinski definition) is 3. The molecule has 5 heteroatoms. The van der Waals surface area contributed by atoms with E-state index in [4.69, 9.17) is 11.6 Å². The van der Waals surface area contributed by atoms with Crippen LogP contribution in [0.15, 0.2) is 29.1 Å². The lowest BCUT2D eigenvalue weighted by atomic mass is 10.2. The Balaban J connectivity index is 2.00. The Kier molecular flexibility index (Phi) is 3.53. The molecule has 0 fully saturated rings. The number of thiazole rings is 1. The molecule has 0 spiro atoms. The summed E-state index contributed by atoms with van der Waals surface area (Å²) >= 11 is 7.65. The van der Waals surface area contributed by atoms with Crippen molar-refractivity contribution < 1.29 is 0 Å². The zero-order valence-electron chi connectivity index (χ0n) is 10.6. The minimum atomic E-state index is 0.436. The van der Waals surface area contributed by atoms with Crippen molar-refractivity contribution in [2.24, 2.45) is 0 Å². The second-order valence-electron chi connectivity index (χ2n) is 4.49. The van der Waals surface area contributed by atoms with E-state index in [0.717, 1.165) is 30.0 Å². The Bertz CT molecular complexity index is 688. The van der Waals surface area contributed by atoms with E-state index >= 15 is 0 Å². The number of alkyl halides is 1. The summed E-state index contributed by atoms with van der Waals surface area (Å²) in [4.78, 5) is 8.93. The monoisotopic (exact) mass is 291 g/mol. The van der Waals surface area contributed by atoms with Crippen molar-refractivity contribution in [3.63, 3.8) is 0 Å². The lowest BCUT2D eigenvalue weighted by molar-refractivity contribution is 0.679. The van der Waals surface area contributed by atoms with Crippen molar-refractivity contribution in [2.75, 3.05) is 0 Å². The van der Waals surface area contributed by atoms with Crippen molar-refractivity contribution in [3.05, 3.63) is 46.2 Å². The molecule has 0 unspecified atom stereocenters. The number of hydrogen-bond donors (Lipinski definition) is 0. The van der Waals surface area contributed by atoms with Crippen LogP contribution < -0.4 is 0 Å². The van der Waals surface area contributed by atoms with Gasteiger partial charge in [-0.1, -0.05) is 12.1 Å². The molecule has 98 valence electrons. The molecule has 19 heavy (non-hydrogen) atoms. The number of imidazole rings is 1. The van der Waals surface area contributed by atoms with Crippen LogP contribution in [0, 0.1) is 6.92 Å². The molecule has 0 N–H and O–H groups in total. The number of aryl methyl sites for hydroxylation is 3. The third-order valence-electron chi connectivity index (χ3n) is 3.24. The molecule has 3 rings (SSSR count). The van der Waals surface area contributed by atoms with Crippen molar-refractivity contribution in [2.45, 2.75) is 25.8 Å². The smallest absolute Gasteiger partial charge is 0.124 e. The zero-order valence-corrected chi connectivity index (χ0v) is 12.2. The number of rotatable bonds is 4. The largest absolute Gasteiger partial charge is 0.326 e. The SMILES string of the molecule is Cc1cccc2nc(CCl)n(CCc3cscn3)c12. The fraction of sp³-hybridized carbons (Fsp3) is 0.286. The molecule has 0 bridgehead atoms. The number of halogens is 1. The van der Waals surface area contributed by atoms with E-state index in [1.54, 1.807) is 11.3 Å². The van der Waals surface area contributed by atoms with Gasteiger partial charge in [-0.3, -0.25) is 0 Å². The molecule has 0 aliphatic heterocycles. The highest BCUT2D eigenvalue weighted by atomic mass is 35.5. The maximum absolute atomic E-state index is 6.02. The highest BCUT2D eigenvalue weighted by Crippen LogP contribution is 2.21. The van der Waals surface area contributed by atoms with Crippen LogP contribution in [-0.2, 0) is 18.8 Å². The molecule has 0 aliphatic carbocycles. The van der Waals surface area contributed by atoms with Crippen LogP contribution in [-0.4, -0.2) is 14.5 Å². The summed E-state index contributed by atoms with van der Waals surface area (Å²) in [6, 6.07) is 6.19. The summed E-state index contributed by atoms with van der Waals surface area (Å²) in [6.07, 6.45) is 0.910. The number of nitrogens with zero attached hydrogens (tertiary/aromatic N) is 3. The van der Waals surface area contributed by atoms with Crippen molar-refractivity contribution in [1.29, 1.82) is 0 Å². The standard InChI is InChI=1S/C14H14ClN3S/c1-10-3-2-4-12-14(10)18(13(7-15)17-12)6-5-11-8-19-9-16-11/h2-4,8-9H,5-7H2,1H3. The number of fused-ring (bicyclic) bond motifs is 1. The summed E-state index contributed by atoms with van der Waals surface area (Å²) in [7, 11) is 0. The Morgan fingerprint density at radius 1 is 1.37 bits per heavy atom. The average Bonchev–Trinajstić information content (AvgIpc) is 3.03. The van der Waals surface area contributed by atoms with Gasteiger partial charge in [0.15, 0.2) is 0 Å². The highest BCUT2D eigenvalue weighted by molar-refractivity contribution is 7.07. The molecular formula is C14H14ClN3S. The van der Waals surface area contributed by atoms with Crippen LogP contribution in [0.25, 0.3) is 11.0 Å². The van der Waals surface area contributed by atoms with Gasteiger partial charge in [0.25, 0.3) is 0 Å². The van der Waals surface area contributed by atoms with Gasteiger partial charge in [-0.15, -0.1) is 22.9 Å². The molecule has 2 heterocycles. The van der Waals surface area contributed by atoms with E-state index in [1.165, 1.54) is 11.1 Å². The van der Waals surface area contributed by atoms with E-state index in [-0.39, 0.29) is 0 Å². The van der Waals surface area contributed by atoms with E-state index < -0.39 is 0 Å². The third kappa shape index (κ3) is 2.38. The van der Waals surface area contributed by atoms with Gasteiger partial charge >= 0.3 is 0 Å². The first-order valence-corrected chi connectivity index (χ1v) is 7.65. The maximum atomic E-state index is 6.02. The highest BCUT2D eigenvalue weighted by Gasteiger charge is 2.11. The Morgan fingerprint density at radius 3 is 3.00 bits per heavy atom. The molecule has 0 atom stereocenters. The van der Waals surface area contributed by atoms with Gasteiger partial charge in [-0.05, 0) is 18.6 Å². The Labute approximate surface area is 120 Å². The van der Waals surface area contributed by atoms with E-state index in [0.29, 0.717) is 5.88 Å². The minimum Gasteiger partial charge on any atom is -0.326 e. The molecule has 3 aromatic rings. The Hall–Kier alpha value is -1.39. The van der Waals surface area contributed by atoms with Crippen molar-refractivity contribution >= 4 is 34.0 Å². The lowest BCUT2D eigenvalue weighted by Crippen LogP contribution is -2.06. The summed E-state index contributed by atoms with van der Waals surface area (Å²) in [5.41, 5.74) is 6.44. The van der Waals surface area contributed by atoms with E-state index in [2.05, 4.69) is 32.9 Å². The van der Waals surface area contributed by atoms with Crippen LogP contribution in [0.3, 0.4) is 0 Å². The molecule has 0 amide bonds. The van der Waals surface area contributed by atoms with Gasteiger partial charge < -0.3 is 4.57 Å².